The maximum absolute atomic E-state index is 12.5. The summed E-state index contributed by atoms with van der Waals surface area (Å²) in [5, 5.41) is 0. The molecule has 0 aliphatic carbocycles. The summed E-state index contributed by atoms with van der Waals surface area (Å²) >= 11 is 1.69. The van der Waals surface area contributed by atoms with Gasteiger partial charge in [0.15, 0.2) is 0 Å². The molecule has 1 fully saturated rings. The number of piperidine rings is 1. The standard InChI is InChI=1S/C18H27NO2S/c1-4-16-7-5-6-10-19(16)18(20)13-22-12-15-11-14(2)8-9-17(15)21-3/h8-9,11,16H,4-7,10,12-13H2,1-3H3. The number of likely N-dealkylation sites (tertiary alicyclic amines) is 1. The van der Waals surface area contributed by atoms with E-state index in [0.717, 1.165) is 30.9 Å². The fourth-order valence-electron chi connectivity index (χ4n) is 3.10. The van der Waals surface area contributed by atoms with Crippen molar-refractivity contribution < 1.29 is 9.53 Å². The zero-order valence-corrected chi connectivity index (χ0v) is 14.7. The summed E-state index contributed by atoms with van der Waals surface area (Å²) in [5.41, 5.74) is 2.40. The van der Waals surface area contributed by atoms with Crippen LogP contribution < -0.4 is 4.74 Å². The fraction of sp³-hybridized carbons (Fsp3) is 0.611. The van der Waals surface area contributed by atoms with Crippen LogP contribution in [0.3, 0.4) is 0 Å². The molecular formula is C18H27NO2S. The molecule has 0 aromatic heterocycles. The molecule has 1 aliphatic rings. The van der Waals surface area contributed by atoms with Crippen LogP contribution in [0.15, 0.2) is 18.2 Å². The molecule has 1 amide bonds. The van der Waals surface area contributed by atoms with Gasteiger partial charge in [-0.25, -0.2) is 0 Å². The van der Waals surface area contributed by atoms with E-state index in [1.54, 1.807) is 18.9 Å². The molecule has 3 nitrogen and oxygen atoms in total. The molecule has 1 heterocycles. The summed E-state index contributed by atoms with van der Waals surface area (Å²) in [6, 6.07) is 6.66. The van der Waals surface area contributed by atoms with E-state index in [2.05, 4.69) is 30.9 Å². The van der Waals surface area contributed by atoms with E-state index in [0.29, 0.717) is 17.7 Å². The predicted octanol–water partition coefficient (Wildman–Crippen LogP) is 4.03. The lowest BCUT2D eigenvalue weighted by molar-refractivity contribution is -0.132. The van der Waals surface area contributed by atoms with Gasteiger partial charge in [0.2, 0.25) is 5.91 Å². The van der Waals surface area contributed by atoms with Gasteiger partial charge >= 0.3 is 0 Å². The van der Waals surface area contributed by atoms with Gasteiger partial charge < -0.3 is 9.64 Å². The first-order valence-electron chi connectivity index (χ1n) is 8.16. The monoisotopic (exact) mass is 321 g/mol. The van der Waals surface area contributed by atoms with Gasteiger partial charge in [-0.15, -0.1) is 11.8 Å². The Bertz CT molecular complexity index is 504. The average molecular weight is 321 g/mol. The van der Waals surface area contributed by atoms with Gasteiger partial charge in [0.25, 0.3) is 0 Å². The highest BCUT2D eigenvalue weighted by Crippen LogP contribution is 2.25. The van der Waals surface area contributed by atoms with Crippen LogP contribution in [0.2, 0.25) is 0 Å². The van der Waals surface area contributed by atoms with Crippen molar-refractivity contribution in [1.29, 1.82) is 0 Å². The molecule has 1 unspecified atom stereocenters. The molecule has 1 aromatic rings. The van der Waals surface area contributed by atoms with Crippen LogP contribution in [0, 0.1) is 6.92 Å². The number of methoxy groups -OCH3 is 1. The first-order chi connectivity index (χ1) is 10.7. The van der Waals surface area contributed by atoms with Crippen molar-refractivity contribution in [1.82, 2.24) is 4.90 Å². The van der Waals surface area contributed by atoms with Crippen LogP contribution >= 0.6 is 11.8 Å². The fourth-order valence-corrected chi connectivity index (χ4v) is 3.99. The number of rotatable bonds is 6. The number of amides is 1. The van der Waals surface area contributed by atoms with Crippen molar-refractivity contribution in [3.63, 3.8) is 0 Å². The van der Waals surface area contributed by atoms with Crippen molar-refractivity contribution in [3.8, 4) is 5.75 Å². The average Bonchev–Trinajstić information content (AvgIpc) is 2.55. The molecule has 1 aliphatic heterocycles. The number of carbonyl (C=O) groups excluding carboxylic acids is 1. The summed E-state index contributed by atoms with van der Waals surface area (Å²) in [4.78, 5) is 14.6. The van der Waals surface area contributed by atoms with Gasteiger partial charge in [-0.2, -0.15) is 0 Å². The molecule has 0 radical (unpaired) electrons. The number of nitrogens with zero attached hydrogens (tertiary/aromatic N) is 1. The van der Waals surface area contributed by atoms with Crippen LogP contribution in [-0.2, 0) is 10.5 Å². The molecular weight excluding hydrogens is 294 g/mol. The molecule has 0 spiro atoms. The van der Waals surface area contributed by atoms with Crippen molar-refractivity contribution in [2.45, 2.75) is 51.3 Å². The van der Waals surface area contributed by atoms with E-state index >= 15 is 0 Å². The Balaban J connectivity index is 1.87. The maximum atomic E-state index is 12.5. The summed E-state index contributed by atoms with van der Waals surface area (Å²) in [6.45, 7) is 5.20. The number of hydrogen-bond donors (Lipinski definition) is 0. The summed E-state index contributed by atoms with van der Waals surface area (Å²) in [5.74, 6) is 2.59. The third kappa shape index (κ3) is 4.42. The minimum absolute atomic E-state index is 0.295. The maximum Gasteiger partial charge on any atom is 0.232 e. The van der Waals surface area contributed by atoms with Gasteiger partial charge in [0.05, 0.1) is 12.9 Å². The van der Waals surface area contributed by atoms with Crippen LogP contribution in [0.5, 0.6) is 5.75 Å². The molecule has 0 N–H and O–H groups in total. The molecule has 1 aromatic carbocycles. The second-order valence-corrected chi connectivity index (χ2v) is 6.94. The van der Waals surface area contributed by atoms with E-state index in [-0.39, 0.29) is 0 Å². The third-order valence-corrected chi connectivity index (χ3v) is 5.30. The number of benzene rings is 1. The Morgan fingerprint density at radius 3 is 2.95 bits per heavy atom. The van der Waals surface area contributed by atoms with Crippen LogP contribution in [0.25, 0.3) is 0 Å². The van der Waals surface area contributed by atoms with E-state index in [9.17, 15) is 4.79 Å². The van der Waals surface area contributed by atoms with E-state index in [1.807, 2.05) is 6.07 Å². The van der Waals surface area contributed by atoms with Gasteiger partial charge in [-0.05, 0) is 38.7 Å². The SMILES string of the molecule is CCC1CCCCN1C(=O)CSCc1cc(C)ccc1OC. The largest absolute Gasteiger partial charge is 0.496 e. The molecule has 1 saturated heterocycles. The van der Waals surface area contributed by atoms with Crippen LogP contribution in [0.4, 0.5) is 0 Å². The number of carbonyl (C=O) groups is 1. The Kier molecular flexibility index (Phi) is 6.62. The lowest BCUT2D eigenvalue weighted by atomic mass is 10.0. The van der Waals surface area contributed by atoms with Crippen molar-refractivity contribution in [2.75, 3.05) is 19.4 Å². The predicted molar refractivity (Wildman–Crippen MR) is 93.5 cm³/mol. The number of ether oxygens (including phenoxy) is 1. The number of aryl methyl sites for hydroxylation is 1. The lowest BCUT2D eigenvalue weighted by Crippen LogP contribution is -2.44. The summed E-state index contributed by atoms with van der Waals surface area (Å²) in [7, 11) is 1.70. The Morgan fingerprint density at radius 2 is 2.23 bits per heavy atom. The molecule has 1 atom stereocenters. The van der Waals surface area contributed by atoms with Crippen molar-refractivity contribution in [2.24, 2.45) is 0 Å². The highest BCUT2D eigenvalue weighted by atomic mass is 32.2. The lowest BCUT2D eigenvalue weighted by Gasteiger charge is -2.35. The topological polar surface area (TPSA) is 29.5 Å². The van der Waals surface area contributed by atoms with Crippen molar-refractivity contribution >= 4 is 17.7 Å². The zero-order valence-electron chi connectivity index (χ0n) is 13.9. The minimum atomic E-state index is 0.295. The van der Waals surface area contributed by atoms with Gasteiger partial charge in [0, 0.05) is 23.9 Å². The normalized spacial score (nSPS) is 18.3. The summed E-state index contributed by atoms with van der Waals surface area (Å²) < 4.78 is 5.40. The first kappa shape index (κ1) is 17.2. The molecule has 4 heteroatoms. The smallest absolute Gasteiger partial charge is 0.232 e. The highest BCUT2D eigenvalue weighted by molar-refractivity contribution is 7.99. The Morgan fingerprint density at radius 1 is 1.41 bits per heavy atom. The quantitative estimate of drug-likeness (QED) is 0.792. The Hall–Kier alpha value is -1.16. The minimum Gasteiger partial charge on any atom is -0.496 e. The Labute approximate surface area is 138 Å². The van der Waals surface area contributed by atoms with E-state index < -0.39 is 0 Å². The second-order valence-electron chi connectivity index (χ2n) is 5.95. The van der Waals surface area contributed by atoms with Crippen LogP contribution in [0.1, 0.15) is 43.7 Å². The zero-order chi connectivity index (χ0) is 15.9. The van der Waals surface area contributed by atoms with E-state index in [4.69, 9.17) is 4.74 Å². The third-order valence-electron chi connectivity index (χ3n) is 4.34. The highest BCUT2D eigenvalue weighted by Gasteiger charge is 2.24. The molecule has 0 bridgehead atoms. The van der Waals surface area contributed by atoms with E-state index in [1.165, 1.54) is 24.0 Å². The molecule has 0 saturated carbocycles. The summed E-state index contributed by atoms with van der Waals surface area (Å²) in [6.07, 6.45) is 4.65. The molecule has 2 rings (SSSR count). The first-order valence-corrected chi connectivity index (χ1v) is 9.32. The molecule has 122 valence electrons. The van der Waals surface area contributed by atoms with Gasteiger partial charge in [0.1, 0.15) is 5.75 Å². The number of thioether (sulfide) groups is 1. The van der Waals surface area contributed by atoms with Crippen molar-refractivity contribution in [3.05, 3.63) is 29.3 Å². The second kappa shape index (κ2) is 8.47. The molecule has 22 heavy (non-hydrogen) atoms. The number of hydrogen-bond acceptors (Lipinski definition) is 3. The van der Waals surface area contributed by atoms with Gasteiger partial charge in [-0.1, -0.05) is 24.6 Å². The van der Waals surface area contributed by atoms with Gasteiger partial charge in [-0.3, -0.25) is 4.79 Å². The van der Waals surface area contributed by atoms with Crippen LogP contribution in [-0.4, -0.2) is 36.3 Å².